The number of furan rings is 1. The van der Waals surface area contributed by atoms with E-state index < -0.39 is 15.9 Å². The Hall–Kier alpha value is -1.58. The number of carbonyl (C=O) groups is 1. The third-order valence-electron chi connectivity index (χ3n) is 4.38. The van der Waals surface area contributed by atoms with Crippen molar-refractivity contribution >= 4 is 39.1 Å². The summed E-state index contributed by atoms with van der Waals surface area (Å²) >= 11 is 12.4. The van der Waals surface area contributed by atoms with Gasteiger partial charge in [0.15, 0.2) is 0 Å². The minimum absolute atomic E-state index is 0.0302. The third kappa shape index (κ3) is 4.36. The smallest absolute Gasteiger partial charge is 0.255 e. The number of rotatable bonds is 5. The van der Waals surface area contributed by atoms with Crippen LogP contribution < -0.4 is 0 Å². The second-order valence-corrected chi connectivity index (χ2v) is 9.17. The third-order valence-corrected chi connectivity index (χ3v) is 7.05. The summed E-state index contributed by atoms with van der Waals surface area (Å²) in [6, 6.07) is 6.10. The highest BCUT2D eigenvalue weighted by molar-refractivity contribution is 7.89. The zero-order chi connectivity index (χ0) is 20.5. The van der Waals surface area contributed by atoms with E-state index in [2.05, 4.69) is 0 Å². The number of ether oxygens (including phenoxy) is 1. The monoisotopic (exact) mass is 446 g/mol. The fourth-order valence-electron chi connectivity index (χ4n) is 2.90. The standard InChI is InChI=1S/C18H20Cl2N2O5S/c1-12-3-4-13(27-12)11-21(2)18(23)14-9-17(16(20)10-15(14)19)28(24,25)22-5-7-26-8-6-22/h3-4,9-10H,5-8,11H2,1-2H3. The summed E-state index contributed by atoms with van der Waals surface area (Å²) in [4.78, 5) is 14.1. The Balaban J connectivity index is 1.91. The second kappa shape index (κ2) is 8.42. The Kier molecular flexibility index (Phi) is 6.36. The molecule has 1 amide bonds. The Morgan fingerprint density at radius 1 is 1.18 bits per heavy atom. The van der Waals surface area contributed by atoms with E-state index in [1.54, 1.807) is 19.2 Å². The number of carbonyl (C=O) groups excluding carboxylic acids is 1. The van der Waals surface area contributed by atoms with Crippen LogP contribution in [-0.4, -0.2) is 56.9 Å². The predicted molar refractivity (Wildman–Crippen MR) is 105 cm³/mol. The minimum Gasteiger partial charge on any atom is -0.464 e. The highest BCUT2D eigenvalue weighted by Crippen LogP contribution is 2.31. The zero-order valence-corrected chi connectivity index (χ0v) is 17.8. The molecule has 0 bridgehead atoms. The van der Waals surface area contributed by atoms with Crippen LogP contribution in [0.3, 0.4) is 0 Å². The number of hydrogen-bond donors (Lipinski definition) is 0. The van der Waals surface area contributed by atoms with Gasteiger partial charge >= 0.3 is 0 Å². The molecule has 0 spiro atoms. The second-order valence-electron chi connectivity index (χ2n) is 6.45. The molecular formula is C18H20Cl2N2O5S. The van der Waals surface area contributed by atoms with Crippen molar-refractivity contribution in [3.05, 3.63) is 51.4 Å². The highest BCUT2D eigenvalue weighted by Gasteiger charge is 2.30. The maximum atomic E-state index is 13.0. The topological polar surface area (TPSA) is 80.1 Å². The van der Waals surface area contributed by atoms with Crippen LogP contribution in [0.4, 0.5) is 0 Å². The number of amides is 1. The van der Waals surface area contributed by atoms with Crippen molar-refractivity contribution in [1.82, 2.24) is 9.21 Å². The summed E-state index contributed by atoms with van der Waals surface area (Å²) in [5.41, 5.74) is 0.0590. The molecule has 152 valence electrons. The van der Waals surface area contributed by atoms with E-state index in [-0.39, 0.29) is 40.1 Å². The molecular weight excluding hydrogens is 427 g/mol. The molecule has 1 aromatic carbocycles. The summed E-state index contributed by atoms with van der Waals surface area (Å²) in [5, 5.41) is 0.0516. The summed E-state index contributed by atoms with van der Waals surface area (Å²) in [6.07, 6.45) is 0. The van der Waals surface area contributed by atoms with E-state index in [0.717, 1.165) is 5.76 Å². The quantitative estimate of drug-likeness (QED) is 0.704. The average Bonchev–Trinajstić information content (AvgIpc) is 3.06. The number of sulfonamides is 1. The van der Waals surface area contributed by atoms with Crippen LogP contribution in [0.2, 0.25) is 10.0 Å². The normalized spacial score (nSPS) is 15.6. The van der Waals surface area contributed by atoms with Crippen LogP contribution >= 0.6 is 23.2 Å². The lowest BCUT2D eigenvalue weighted by atomic mass is 10.2. The van der Waals surface area contributed by atoms with Gasteiger partial charge in [-0.2, -0.15) is 4.31 Å². The van der Waals surface area contributed by atoms with E-state index in [0.29, 0.717) is 19.0 Å². The van der Waals surface area contributed by atoms with Crippen LogP contribution in [-0.2, 0) is 21.3 Å². The maximum Gasteiger partial charge on any atom is 0.255 e. The zero-order valence-electron chi connectivity index (χ0n) is 15.4. The van der Waals surface area contributed by atoms with Gasteiger partial charge in [0.25, 0.3) is 5.91 Å². The summed E-state index contributed by atoms with van der Waals surface area (Å²) in [7, 11) is -2.29. The SMILES string of the molecule is Cc1ccc(CN(C)C(=O)c2cc(S(=O)(=O)N3CCOCC3)c(Cl)cc2Cl)o1. The van der Waals surface area contributed by atoms with Gasteiger partial charge in [0, 0.05) is 20.1 Å². The van der Waals surface area contributed by atoms with E-state index >= 15 is 0 Å². The lowest BCUT2D eigenvalue weighted by Gasteiger charge is -2.27. The average molecular weight is 447 g/mol. The first kappa shape index (κ1) is 21.1. The molecule has 7 nitrogen and oxygen atoms in total. The van der Waals surface area contributed by atoms with Crippen molar-refractivity contribution in [2.24, 2.45) is 0 Å². The lowest BCUT2D eigenvalue weighted by molar-refractivity contribution is 0.0730. The first-order valence-corrected chi connectivity index (χ1v) is 10.8. The summed E-state index contributed by atoms with van der Waals surface area (Å²) < 4.78 is 37.9. The molecule has 2 aromatic rings. The Morgan fingerprint density at radius 3 is 2.46 bits per heavy atom. The molecule has 1 aliphatic rings. The summed E-state index contributed by atoms with van der Waals surface area (Å²) in [5.74, 6) is 0.910. The van der Waals surface area contributed by atoms with Crippen molar-refractivity contribution in [1.29, 1.82) is 0 Å². The minimum atomic E-state index is -3.87. The van der Waals surface area contributed by atoms with Gasteiger partial charge in [-0.05, 0) is 31.2 Å². The number of nitrogens with zero attached hydrogens (tertiary/aromatic N) is 2. The van der Waals surface area contributed by atoms with Gasteiger partial charge in [0.05, 0.1) is 35.4 Å². The molecule has 0 aliphatic carbocycles. The molecule has 0 radical (unpaired) electrons. The molecule has 2 heterocycles. The van der Waals surface area contributed by atoms with E-state index in [1.165, 1.54) is 21.3 Å². The molecule has 1 aliphatic heterocycles. The Morgan fingerprint density at radius 2 is 1.86 bits per heavy atom. The first-order valence-electron chi connectivity index (χ1n) is 8.58. The molecule has 1 saturated heterocycles. The van der Waals surface area contributed by atoms with Gasteiger partial charge in [0.2, 0.25) is 10.0 Å². The first-order chi connectivity index (χ1) is 13.2. The molecule has 0 saturated carbocycles. The van der Waals surface area contributed by atoms with Gasteiger partial charge < -0.3 is 14.1 Å². The molecule has 1 fully saturated rings. The van der Waals surface area contributed by atoms with Crippen LogP contribution in [0.5, 0.6) is 0 Å². The predicted octanol–water partition coefficient (Wildman–Crippen LogP) is 3.19. The molecule has 0 atom stereocenters. The van der Waals surface area contributed by atoms with Gasteiger partial charge in [-0.1, -0.05) is 23.2 Å². The summed E-state index contributed by atoms with van der Waals surface area (Å²) in [6.45, 7) is 3.09. The number of aryl methyl sites for hydroxylation is 1. The highest BCUT2D eigenvalue weighted by atomic mass is 35.5. The van der Waals surface area contributed by atoms with E-state index in [4.69, 9.17) is 32.4 Å². The number of morpholine rings is 1. The van der Waals surface area contributed by atoms with Crippen molar-refractivity contribution in [2.45, 2.75) is 18.4 Å². The fraction of sp³-hybridized carbons (Fsp3) is 0.389. The lowest BCUT2D eigenvalue weighted by Crippen LogP contribution is -2.40. The van der Waals surface area contributed by atoms with Crippen molar-refractivity contribution < 1.29 is 22.4 Å². The van der Waals surface area contributed by atoms with Crippen molar-refractivity contribution in [3.63, 3.8) is 0 Å². The van der Waals surface area contributed by atoms with Crippen LogP contribution in [0.15, 0.2) is 33.6 Å². The van der Waals surface area contributed by atoms with E-state index in [1.807, 2.05) is 6.92 Å². The van der Waals surface area contributed by atoms with Gasteiger partial charge in [0.1, 0.15) is 16.4 Å². The number of halogens is 2. The van der Waals surface area contributed by atoms with Crippen LogP contribution in [0, 0.1) is 6.92 Å². The van der Waals surface area contributed by atoms with Gasteiger partial charge in [-0.15, -0.1) is 0 Å². The van der Waals surface area contributed by atoms with Crippen LogP contribution in [0.1, 0.15) is 21.9 Å². The molecule has 10 heteroatoms. The maximum absolute atomic E-state index is 13.0. The molecule has 3 rings (SSSR count). The van der Waals surface area contributed by atoms with Crippen molar-refractivity contribution in [3.8, 4) is 0 Å². The van der Waals surface area contributed by atoms with Crippen molar-refractivity contribution in [2.75, 3.05) is 33.4 Å². The number of benzene rings is 1. The Bertz CT molecular complexity index is 984. The molecule has 1 aromatic heterocycles. The van der Waals surface area contributed by atoms with Gasteiger partial charge in [-0.25, -0.2) is 8.42 Å². The Labute approximate surface area is 173 Å². The number of hydrogen-bond acceptors (Lipinski definition) is 5. The van der Waals surface area contributed by atoms with E-state index in [9.17, 15) is 13.2 Å². The van der Waals surface area contributed by atoms with Gasteiger partial charge in [-0.3, -0.25) is 4.79 Å². The fourth-order valence-corrected chi connectivity index (χ4v) is 5.13. The van der Waals surface area contributed by atoms with Crippen LogP contribution in [0.25, 0.3) is 0 Å². The molecule has 0 unspecified atom stereocenters. The molecule has 0 N–H and O–H groups in total. The largest absolute Gasteiger partial charge is 0.464 e. The molecule has 28 heavy (non-hydrogen) atoms.